The van der Waals surface area contributed by atoms with Crippen molar-refractivity contribution in [2.45, 2.75) is 28.9 Å². The van der Waals surface area contributed by atoms with Crippen molar-refractivity contribution < 1.29 is 0 Å². The predicted molar refractivity (Wildman–Crippen MR) is 63.8 cm³/mol. The van der Waals surface area contributed by atoms with Gasteiger partial charge in [0.1, 0.15) is 0 Å². The molecule has 1 aliphatic rings. The van der Waals surface area contributed by atoms with E-state index in [4.69, 9.17) is 0 Å². The minimum atomic E-state index is 0.0245. The lowest BCUT2D eigenvalue weighted by molar-refractivity contribution is 0.520. The van der Waals surface area contributed by atoms with Crippen molar-refractivity contribution in [3.05, 3.63) is 35.4 Å². The molecule has 0 nitrogen and oxygen atoms in total. The molecule has 0 atom stereocenters. The average molecular weight is 304 g/mol. The Morgan fingerprint density at radius 2 is 1.77 bits per heavy atom. The van der Waals surface area contributed by atoms with Crippen LogP contribution in [0.5, 0.6) is 0 Å². The Morgan fingerprint density at radius 1 is 1.15 bits per heavy atom. The Morgan fingerprint density at radius 3 is 2.38 bits per heavy atom. The van der Waals surface area contributed by atoms with Crippen LogP contribution in [-0.2, 0) is 11.8 Å². The van der Waals surface area contributed by atoms with E-state index in [2.05, 4.69) is 70.0 Å². The fraction of sp³-hybridized carbons (Fsp3) is 0.455. The summed E-state index contributed by atoms with van der Waals surface area (Å²) in [6.07, 6.45) is 1.05. The number of halogens is 2. The molecule has 1 aromatic rings. The molecule has 0 unspecified atom stereocenters. The highest BCUT2D eigenvalue weighted by Crippen LogP contribution is 2.54. The molecule has 0 radical (unpaired) electrons. The summed E-state index contributed by atoms with van der Waals surface area (Å²) < 4.78 is 0.0245. The minimum absolute atomic E-state index is 0.0245. The molecule has 0 N–H and O–H groups in total. The molecule has 13 heavy (non-hydrogen) atoms. The van der Waals surface area contributed by atoms with Crippen LogP contribution >= 0.6 is 31.9 Å². The second kappa shape index (κ2) is 2.83. The standard InChI is InChI=1S/C11H12Br2/c1-10(2)9-6-4-3-5-8(9)7-11(10,12)13/h3-6H,7H2,1-2H3. The molecule has 0 fully saturated rings. The topological polar surface area (TPSA) is 0 Å². The van der Waals surface area contributed by atoms with Gasteiger partial charge in [0.15, 0.2) is 0 Å². The van der Waals surface area contributed by atoms with Crippen LogP contribution in [0.1, 0.15) is 25.0 Å². The van der Waals surface area contributed by atoms with Crippen molar-refractivity contribution in [2.75, 3.05) is 0 Å². The molecule has 2 heteroatoms. The van der Waals surface area contributed by atoms with Crippen LogP contribution in [0.3, 0.4) is 0 Å². The summed E-state index contributed by atoms with van der Waals surface area (Å²) in [5.74, 6) is 0. The molecule has 70 valence electrons. The van der Waals surface area contributed by atoms with Crippen molar-refractivity contribution in [2.24, 2.45) is 0 Å². The summed E-state index contributed by atoms with van der Waals surface area (Å²) in [7, 11) is 0. The Balaban J connectivity index is 2.60. The van der Waals surface area contributed by atoms with Gasteiger partial charge < -0.3 is 0 Å². The van der Waals surface area contributed by atoms with Gasteiger partial charge in [0, 0.05) is 5.41 Å². The Bertz CT molecular complexity index is 340. The van der Waals surface area contributed by atoms with Crippen molar-refractivity contribution in [3.8, 4) is 0 Å². The maximum atomic E-state index is 3.76. The molecule has 0 aliphatic heterocycles. The van der Waals surface area contributed by atoms with Crippen LogP contribution < -0.4 is 0 Å². The summed E-state index contributed by atoms with van der Waals surface area (Å²) in [4.78, 5) is 0. The third kappa shape index (κ3) is 1.30. The number of rotatable bonds is 0. The maximum Gasteiger partial charge on any atom is 0.0936 e. The number of hydrogen-bond acceptors (Lipinski definition) is 0. The molecule has 2 rings (SSSR count). The van der Waals surface area contributed by atoms with E-state index in [-0.39, 0.29) is 8.65 Å². The van der Waals surface area contributed by atoms with Gasteiger partial charge in [-0.15, -0.1) is 0 Å². The largest absolute Gasteiger partial charge is 0.0936 e. The smallest absolute Gasteiger partial charge is 0.0714 e. The lowest BCUT2D eigenvalue weighted by Crippen LogP contribution is -2.32. The minimum Gasteiger partial charge on any atom is -0.0714 e. The Hall–Kier alpha value is 0.180. The van der Waals surface area contributed by atoms with E-state index in [1.54, 1.807) is 0 Å². The Labute approximate surface area is 96.0 Å². The molecular formula is C11H12Br2. The fourth-order valence-corrected chi connectivity index (χ4v) is 2.97. The molecule has 0 bridgehead atoms. The van der Waals surface area contributed by atoms with Crippen LogP contribution in [0.2, 0.25) is 0 Å². The van der Waals surface area contributed by atoms with E-state index in [0.717, 1.165) is 6.42 Å². The zero-order chi connectivity index (χ0) is 9.69. The van der Waals surface area contributed by atoms with Gasteiger partial charge in [-0.1, -0.05) is 70.0 Å². The molecule has 1 aliphatic carbocycles. The van der Waals surface area contributed by atoms with E-state index >= 15 is 0 Å². The molecule has 1 aromatic carbocycles. The number of alkyl halides is 2. The van der Waals surface area contributed by atoms with Crippen molar-refractivity contribution >= 4 is 31.9 Å². The quantitative estimate of drug-likeness (QED) is 0.635. The van der Waals surface area contributed by atoms with E-state index in [1.165, 1.54) is 11.1 Å². The van der Waals surface area contributed by atoms with E-state index in [0.29, 0.717) is 0 Å². The first-order valence-electron chi connectivity index (χ1n) is 4.41. The van der Waals surface area contributed by atoms with Gasteiger partial charge in [-0.3, -0.25) is 0 Å². The first-order valence-corrected chi connectivity index (χ1v) is 6.00. The average Bonchev–Trinajstić information content (AvgIpc) is 2.20. The zero-order valence-corrected chi connectivity index (χ0v) is 10.9. The van der Waals surface area contributed by atoms with Crippen LogP contribution in [0, 0.1) is 0 Å². The third-order valence-electron chi connectivity index (χ3n) is 3.02. The van der Waals surface area contributed by atoms with Crippen molar-refractivity contribution in [3.63, 3.8) is 0 Å². The van der Waals surface area contributed by atoms with Gasteiger partial charge in [0.25, 0.3) is 0 Å². The van der Waals surface area contributed by atoms with Gasteiger partial charge >= 0.3 is 0 Å². The van der Waals surface area contributed by atoms with Gasteiger partial charge in [0.05, 0.1) is 3.23 Å². The molecule has 0 heterocycles. The molecule has 0 spiro atoms. The molecule has 0 amide bonds. The van der Waals surface area contributed by atoms with Crippen LogP contribution in [0.15, 0.2) is 24.3 Å². The lowest BCUT2D eigenvalue weighted by Gasteiger charge is -2.31. The van der Waals surface area contributed by atoms with Crippen molar-refractivity contribution in [1.29, 1.82) is 0 Å². The van der Waals surface area contributed by atoms with Gasteiger partial charge in [-0.25, -0.2) is 0 Å². The van der Waals surface area contributed by atoms with Crippen LogP contribution in [-0.4, -0.2) is 3.23 Å². The SMILES string of the molecule is CC1(C)c2ccccc2CC1(Br)Br. The number of benzene rings is 1. The monoisotopic (exact) mass is 302 g/mol. The fourth-order valence-electron chi connectivity index (χ4n) is 1.94. The lowest BCUT2D eigenvalue weighted by atomic mass is 9.86. The van der Waals surface area contributed by atoms with Gasteiger partial charge in [0.2, 0.25) is 0 Å². The highest BCUT2D eigenvalue weighted by molar-refractivity contribution is 9.25. The highest BCUT2D eigenvalue weighted by Gasteiger charge is 2.48. The van der Waals surface area contributed by atoms with E-state index in [9.17, 15) is 0 Å². The van der Waals surface area contributed by atoms with Crippen LogP contribution in [0.4, 0.5) is 0 Å². The summed E-state index contributed by atoms with van der Waals surface area (Å²) in [6, 6.07) is 8.65. The van der Waals surface area contributed by atoms with E-state index < -0.39 is 0 Å². The second-order valence-corrected chi connectivity index (χ2v) is 7.93. The summed E-state index contributed by atoms with van der Waals surface area (Å²) in [5.41, 5.74) is 3.05. The molecular weight excluding hydrogens is 292 g/mol. The first kappa shape index (κ1) is 9.72. The van der Waals surface area contributed by atoms with Crippen molar-refractivity contribution in [1.82, 2.24) is 0 Å². The predicted octanol–water partition coefficient (Wildman–Crippen LogP) is 4.01. The molecule has 0 saturated carbocycles. The number of hydrogen-bond donors (Lipinski definition) is 0. The highest BCUT2D eigenvalue weighted by atomic mass is 79.9. The first-order chi connectivity index (χ1) is 5.95. The number of fused-ring (bicyclic) bond motifs is 1. The third-order valence-corrected chi connectivity index (χ3v) is 5.56. The summed E-state index contributed by atoms with van der Waals surface area (Å²) >= 11 is 7.52. The van der Waals surface area contributed by atoms with Gasteiger partial charge in [-0.2, -0.15) is 0 Å². The summed E-state index contributed by atoms with van der Waals surface area (Å²) in [6.45, 7) is 4.53. The molecule has 0 saturated heterocycles. The zero-order valence-electron chi connectivity index (χ0n) is 7.77. The van der Waals surface area contributed by atoms with Gasteiger partial charge in [-0.05, 0) is 17.5 Å². The Kier molecular flexibility index (Phi) is 2.12. The maximum absolute atomic E-state index is 3.76. The second-order valence-electron chi connectivity index (χ2n) is 4.16. The summed E-state index contributed by atoms with van der Waals surface area (Å²) in [5, 5.41) is 0. The van der Waals surface area contributed by atoms with E-state index in [1.807, 2.05) is 0 Å². The van der Waals surface area contributed by atoms with Crippen LogP contribution in [0.25, 0.3) is 0 Å². The molecule has 0 aromatic heterocycles. The normalized spacial score (nSPS) is 22.8.